The van der Waals surface area contributed by atoms with Crippen LogP contribution >= 0.6 is 0 Å². The predicted octanol–water partition coefficient (Wildman–Crippen LogP) is 5.81. The molecule has 1 saturated heterocycles. The van der Waals surface area contributed by atoms with Gasteiger partial charge in [-0.3, -0.25) is 14.5 Å². The second kappa shape index (κ2) is 11.6. The molecule has 0 spiro atoms. The SMILES string of the molecule is CCn1cc(-c2cc(CN=C(N)C3CCOC3)cc(C(=O)N[C@H](c3ccc(F)c(C)c3)C3CC3)c2)c(C(F)(F)F)n1. The van der Waals surface area contributed by atoms with Crippen LogP contribution in [0.3, 0.4) is 0 Å². The van der Waals surface area contributed by atoms with Crippen molar-refractivity contribution in [3.05, 3.63) is 76.4 Å². The minimum absolute atomic E-state index is 0.0148. The number of aliphatic imine (C=N–C) groups is 1. The zero-order valence-electron chi connectivity index (χ0n) is 23.0. The van der Waals surface area contributed by atoms with Crippen molar-refractivity contribution in [3.63, 3.8) is 0 Å². The Morgan fingerprint density at radius 3 is 2.63 bits per heavy atom. The summed E-state index contributed by atoms with van der Waals surface area (Å²) in [5.74, 6) is -0.175. The van der Waals surface area contributed by atoms with Crippen LogP contribution in [0.2, 0.25) is 0 Å². The second-order valence-electron chi connectivity index (χ2n) is 10.8. The van der Waals surface area contributed by atoms with Crippen molar-refractivity contribution in [1.29, 1.82) is 0 Å². The van der Waals surface area contributed by atoms with Gasteiger partial charge < -0.3 is 15.8 Å². The van der Waals surface area contributed by atoms with E-state index in [9.17, 15) is 22.4 Å². The van der Waals surface area contributed by atoms with Crippen LogP contribution in [0.4, 0.5) is 17.6 Å². The molecule has 0 bridgehead atoms. The highest BCUT2D eigenvalue weighted by Crippen LogP contribution is 2.42. The average Bonchev–Trinajstić information content (AvgIpc) is 3.43. The highest BCUT2D eigenvalue weighted by molar-refractivity contribution is 5.96. The van der Waals surface area contributed by atoms with Crippen LogP contribution in [-0.2, 0) is 24.0 Å². The fourth-order valence-electron chi connectivity index (χ4n) is 5.14. The van der Waals surface area contributed by atoms with E-state index in [0.29, 0.717) is 30.2 Å². The molecule has 3 aromatic rings. The van der Waals surface area contributed by atoms with Crippen molar-refractivity contribution < 1.29 is 27.1 Å². The Balaban J connectivity index is 1.51. The molecule has 0 radical (unpaired) electrons. The highest BCUT2D eigenvalue weighted by Gasteiger charge is 2.38. The van der Waals surface area contributed by atoms with Crippen molar-refractivity contribution in [2.24, 2.45) is 22.6 Å². The molecule has 1 amide bonds. The van der Waals surface area contributed by atoms with Gasteiger partial charge in [0.1, 0.15) is 5.82 Å². The maximum atomic E-state index is 14.0. The molecule has 2 atom stereocenters. The molecule has 1 aliphatic carbocycles. The number of nitrogens with two attached hydrogens (primary N) is 1. The number of rotatable bonds is 9. The molecule has 5 rings (SSSR count). The number of ether oxygens (including phenoxy) is 1. The topological polar surface area (TPSA) is 94.5 Å². The van der Waals surface area contributed by atoms with Gasteiger partial charge in [-0.2, -0.15) is 18.3 Å². The van der Waals surface area contributed by atoms with Gasteiger partial charge in [0.05, 0.1) is 25.0 Å². The minimum Gasteiger partial charge on any atom is -0.387 e. The molecule has 1 unspecified atom stereocenters. The van der Waals surface area contributed by atoms with E-state index in [2.05, 4.69) is 15.4 Å². The maximum Gasteiger partial charge on any atom is 0.435 e. The number of benzene rings is 2. The molecule has 1 saturated carbocycles. The number of amides is 1. The molecule has 2 aliphatic rings. The number of aromatic nitrogens is 2. The first kappa shape index (κ1) is 28.8. The second-order valence-corrected chi connectivity index (χ2v) is 10.8. The number of nitrogens with zero attached hydrogens (tertiary/aromatic N) is 3. The van der Waals surface area contributed by atoms with Gasteiger partial charge in [0.15, 0.2) is 5.69 Å². The lowest BCUT2D eigenvalue weighted by Gasteiger charge is -2.20. The van der Waals surface area contributed by atoms with Gasteiger partial charge in [-0.1, -0.05) is 12.1 Å². The summed E-state index contributed by atoms with van der Waals surface area (Å²) < 4.78 is 62.4. The van der Waals surface area contributed by atoms with Crippen LogP contribution in [0.25, 0.3) is 11.1 Å². The van der Waals surface area contributed by atoms with Gasteiger partial charge in [-0.15, -0.1) is 0 Å². The van der Waals surface area contributed by atoms with Crippen LogP contribution in [-0.4, -0.2) is 34.7 Å². The Morgan fingerprint density at radius 2 is 2.00 bits per heavy atom. The Hall–Kier alpha value is -3.73. The lowest BCUT2D eigenvalue weighted by atomic mass is 9.97. The third-order valence-electron chi connectivity index (χ3n) is 7.63. The fourth-order valence-corrected chi connectivity index (χ4v) is 5.14. The van der Waals surface area contributed by atoms with E-state index in [-0.39, 0.29) is 53.5 Å². The summed E-state index contributed by atoms with van der Waals surface area (Å²) in [6.07, 6.45) is -0.769. The molecule has 3 N–H and O–H groups in total. The van der Waals surface area contributed by atoms with Crippen molar-refractivity contribution in [2.45, 2.75) is 58.4 Å². The minimum atomic E-state index is -4.68. The molecule has 11 heteroatoms. The zero-order valence-corrected chi connectivity index (χ0v) is 23.0. The predicted molar refractivity (Wildman–Crippen MR) is 147 cm³/mol. The molecule has 2 aromatic carbocycles. The van der Waals surface area contributed by atoms with Crippen LogP contribution in [0.15, 0.2) is 47.6 Å². The summed E-state index contributed by atoms with van der Waals surface area (Å²) in [4.78, 5) is 18.1. The Morgan fingerprint density at radius 1 is 1.22 bits per heavy atom. The van der Waals surface area contributed by atoms with E-state index in [1.807, 2.05) is 0 Å². The van der Waals surface area contributed by atoms with Gasteiger partial charge in [-0.25, -0.2) is 4.39 Å². The van der Waals surface area contributed by atoms with E-state index in [1.54, 1.807) is 38.1 Å². The molecular weight excluding hydrogens is 538 g/mol. The fraction of sp³-hybridized carbons (Fsp3) is 0.433. The number of hydrogen-bond acceptors (Lipinski definition) is 4. The summed E-state index contributed by atoms with van der Waals surface area (Å²) in [7, 11) is 0. The highest BCUT2D eigenvalue weighted by atomic mass is 19.4. The molecule has 1 aliphatic heterocycles. The smallest absolute Gasteiger partial charge is 0.387 e. The first-order valence-corrected chi connectivity index (χ1v) is 13.8. The number of hydrogen-bond donors (Lipinski definition) is 2. The lowest BCUT2D eigenvalue weighted by Crippen LogP contribution is -2.30. The number of nitrogens with one attached hydrogen (secondary N) is 1. The van der Waals surface area contributed by atoms with E-state index in [4.69, 9.17) is 10.5 Å². The van der Waals surface area contributed by atoms with Crippen LogP contribution in [0.5, 0.6) is 0 Å². The first-order chi connectivity index (χ1) is 19.5. The van der Waals surface area contributed by atoms with Crippen molar-refractivity contribution >= 4 is 11.7 Å². The normalized spacial score (nSPS) is 18.5. The van der Waals surface area contributed by atoms with E-state index in [0.717, 1.165) is 24.8 Å². The summed E-state index contributed by atoms with van der Waals surface area (Å²) in [5, 5.41) is 6.79. The Labute approximate surface area is 235 Å². The average molecular weight is 572 g/mol. The van der Waals surface area contributed by atoms with Crippen molar-refractivity contribution in [1.82, 2.24) is 15.1 Å². The van der Waals surface area contributed by atoms with Crippen LogP contribution < -0.4 is 11.1 Å². The van der Waals surface area contributed by atoms with Gasteiger partial charge in [0.25, 0.3) is 5.91 Å². The summed E-state index contributed by atoms with van der Waals surface area (Å²) in [6, 6.07) is 9.07. The van der Waals surface area contributed by atoms with Gasteiger partial charge in [0, 0.05) is 36.4 Å². The Bertz CT molecular complexity index is 1460. The van der Waals surface area contributed by atoms with Crippen LogP contribution in [0.1, 0.15) is 65.0 Å². The third kappa shape index (κ3) is 6.61. The van der Waals surface area contributed by atoms with Crippen LogP contribution in [0, 0.1) is 24.6 Å². The molecule has 2 heterocycles. The van der Waals surface area contributed by atoms with Gasteiger partial charge >= 0.3 is 6.18 Å². The third-order valence-corrected chi connectivity index (χ3v) is 7.63. The molecular formula is C30H33F4N5O2. The van der Waals surface area contributed by atoms with E-state index >= 15 is 0 Å². The first-order valence-electron chi connectivity index (χ1n) is 13.8. The monoisotopic (exact) mass is 571 g/mol. The number of carbonyl (C=O) groups is 1. The number of carbonyl (C=O) groups excluding carboxylic acids is 1. The number of aryl methyl sites for hydroxylation is 2. The molecule has 1 aromatic heterocycles. The number of halogens is 4. The van der Waals surface area contributed by atoms with E-state index in [1.165, 1.54) is 23.0 Å². The molecule has 7 nitrogen and oxygen atoms in total. The maximum absolute atomic E-state index is 14.0. The molecule has 2 fully saturated rings. The summed E-state index contributed by atoms with van der Waals surface area (Å²) in [6.45, 7) is 4.77. The zero-order chi connectivity index (χ0) is 29.3. The van der Waals surface area contributed by atoms with Crippen molar-refractivity contribution in [2.75, 3.05) is 13.2 Å². The molecule has 41 heavy (non-hydrogen) atoms. The summed E-state index contributed by atoms with van der Waals surface area (Å²) >= 11 is 0. The van der Waals surface area contributed by atoms with Crippen molar-refractivity contribution in [3.8, 4) is 11.1 Å². The largest absolute Gasteiger partial charge is 0.435 e. The molecule has 218 valence electrons. The van der Waals surface area contributed by atoms with E-state index < -0.39 is 17.8 Å². The number of alkyl halides is 3. The standard InChI is InChI=1S/C30H33F4N5O2/c1-3-39-15-24(27(38-39)30(32,33)34)22-11-18(14-36-28(35)21-8-9-41-16-21)12-23(13-22)29(40)37-26(19-4-5-19)20-6-7-25(31)17(2)10-20/h6-7,10-13,15,19,21,26H,3-5,8-9,14,16H2,1-2H3,(H2,35,36)(H,37,40)/t21?,26-/m0/s1. The van der Waals surface area contributed by atoms with Gasteiger partial charge in [-0.05, 0) is 85.5 Å². The lowest BCUT2D eigenvalue weighted by molar-refractivity contribution is -0.141. The van der Waals surface area contributed by atoms with Gasteiger partial charge in [0.2, 0.25) is 0 Å². The summed E-state index contributed by atoms with van der Waals surface area (Å²) in [5.41, 5.74) is 7.22. The Kier molecular flexibility index (Phi) is 8.17. The quantitative estimate of drug-likeness (QED) is 0.193. The number of amidine groups is 1.